The second kappa shape index (κ2) is 16.7. The Morgan fingerprint density at radius 2 is 0.522 bits per heavy atom. The number of fused-ring (bicyclic) bond motifs is 2. The molecular formula is C36H56AuClN4P4. The van der Waals surface area contributed by atoms with Crippen molar-refractivity contribution in [2.24, 2.45) is 0 Å². The molecule has 0 bridgehead atoms. The number of aromatic nitrogens is 4. The van der Waals surface area contributed by atoms with Crippen LogP contribution in [0.1, 0.15) is 83.1 Å². The summed E-state index contributed by atoms with van der Waals surface area (Å²) in [6, 6.07) is 16.5. The summed E-state index contributed by atoms with van der Waals surface area (Å²) in [5.74, 6) is 0. The quantitative estimate of drug-likeness (QED) is 0.176. The van der Waals surface area contributed by atoms with Gasteiger partial charge in [-0.1, -0.05) is 139 Å². The summed E-state index contributed by atoms with van der Waals surface area (Å²) < 4.78 is 0. The first-order chi connectivity index (χ1) is 20.0. The van der Waals surface area contributed by atoms with Crippen molar-refractivity contribution in [3.8, 4) is 0 Å². The van der Waals surface area contributed by atoms with Crippen LogP contribution in [0, 0.1) is 0 Å². The van der Waals surface area contributed by atoms with E-state index in [-0.39, 0.29) is 87.1 Å². The Balaban J connectivity index is 0.000000441. The van der Waals surface area contributed by atoms with Gasteiger partial charge in [-0.2, -0.15) is 0 Å². The number of halogens is 1. The van der Waals surface area contributed by atoms with Gasteiger partial charge in [-0.05, 0) is 71.5 Å². The molecule has 10 heteroatoms. The third kappa shape index (κ3) is 10.9. The van der Waals surface area contributed by atoms with Gasteiger partial charge < -0.3 is 12.4 Å². The largest absolute Gasteiger partial charge is 1.00 e. The molecule has 0 aliphatic carbocycles. The van der Waals surface area contributed by atoms with Crippen LogP contribution in [0.15, 0.2) is 48.5 Å². The average molecular weight is 901 g/mol. The van der Waals surface area contributed by atoms with Crippen molar-refractivity contribution >= 4 is 75.5 Å². The molecule has 2 aromatic carbocycles. The first kappa shape index (κ1) is 43.9. The Bertz CT molecular complexity index is 1350. The van der Waals surface area contributed by atoms with Crippen molar-refractivity contribution in [1.82, 2.24) is 19.9 Å². The number of nitrogens with zero attached hydrogens (tertiary/aromatic N) is 4. The van der Waals surface area contributed by atoms with Crippen LogP contribution in [0.3, 0.4) is 0 Å². The molecule has 0 spiro atoms. The standard InChI is InChI=1S/2C18H28N2P2.Au.ClH/c2*1-17(2,3)21(7)15-16(22(8)18(4,5)6)20-14-12-10-9-11-13(14)19-15;;/h2*9-12H,1-8H3;;1H/q;;+1;/p-1. The smallest absolute Gasteiger partial charge is 1.00 e. The van der Waals surface area contributed by atoms with E-state index in [0.29, 0.717) is 0 Å². The predicted octanol–water partition coefficient (Wildman–Crippen LogP) is 6.40. The van der Waals surface area contributed by atoms with E-state index < -0.39 is 0 Å². The number of rotatable bonds is 4. The third-order valence-electron chi connectivity index (χ3n) is 8.36. The zero-order valence-corrected chi connectivity index (χ0v) is 37.4. The van der Waals surface area contributed by atoms with Gasteiger partial charge in [0.2, 0.25) is 0 Å². The monoisotopic (exact) mass is 900 g/mol. The van der Waals surface area contributed by atoms with Crippen molar-refractivity contribution in [2.45, 2.75) is 104 Å². The van der Waals surface area contributed by atoms with Crippen molar-refractivity contribution in [3.05, 3.63) is 48.5 Å². The summed E-state index contributed by atoms with van der Waals surface area (Å²) in [6.45, 7) is 37.2. The summed E-state index contributed by atoms with van der Waals surface area (Å²) in [5, 5.41) is 0.981. The van der Waals surface area contributed by atoms with Crippen LogP contribution in [-0.2, 0) is 22.4 Å². The summed E-state index contributed by atoms with van der Waals surface area (Å²) in [7, 11) is -1.39. The molecule has 4 aromatic rings. The van der Waals surface area contributed by atoms with E-state index in [1.54, 1.807) is 0 Å². The SMILES string of the molecule is CP(c1nc2ccccc2nc1P(C)C(C)(C)C)C(C)(C)C.CP(c1nc2ccccc2nc1P(C)C(C)(C)C)C(C)(C)C.[Au+].[Cl-]. The first-order valence-electron chi connectivity index (χ1n) is 15.5. The minimum Gasteiger partial charge on any atom is -1.00 e. The molecule has 0 N–H and O–H groups in total. The van der Waals surface area contributed by atoms with Crippen LogP contribution in [0.5, 0.6) is 0 Å². The molecule has 0 aliphatic heterocycles. The van der Waals surface area contributed by atoms with Crippen LogP contribution in [0.2, 0.25) is 0 Å². The number of hydrogen-bond donors (Lipinski definition) is 0. The molecular weight excluding hydrogens is 845 g/mol. The zero-order valence-electron chi connectivity index (χ0n) is 30.9. The molecule has 4 rings (SSSR count). The fraction of sp³-hybridized carbons (Fsp3) is 0.556. The van der Waals surface area contributed by atoms with Crippen molar-refractivity contribution in [2.75, 3.05) is 26.7 Å². The van der Waals surface area contributed by atoms with Crippen LogP contribution < -0.4 is 34.1 Å². The van der Waals surface area contributed by atoms with Crippen LogP contribution in [0.4, 0.5) is 0 Å². The minimum atomic E-state index is -0.348. The molecule has 4 nitrogen and oxygen atoms in total. The zero-order chi connectivity index (χ0) is 33.4. The normalized spacial score (nSPS) is 15.1. The van der Waals surface area contributed by atoms with E-state index >= 15 is 0 Å². The van der Waals surface area contributed by atoms with E-state index in [4.69, 9.17) is 19.9 Å². The Morgan fingerprint density at radius 1 is 0.370 bits per heavy atom. The molecule has 0 saturated heterocycles. The average Bonchev–Trinajstić information content (AvgIpc) is 2.92. The van der Waals surface area contributed by atoms with Crippen LogP contribution in [0.25, 0.3) is 22.1 Å². The maximum Gasteiger partial charge on any atom is 1.00 e. The molecule has 2 heterocycles. The van der Waals surface area contributed by atoms with Gasteiger partial charge in [0.25, 0.3) is 0 Å². The van der Waals surface area contributed by atoms with E-state index in [1.165, 1.54) is 21.7 Å². The second-order valence-electron chi connectivity index (χ2n) is 15.6. The molecule has 4 unspecified atom stereocenters. The fourth-order valence-electron chi connectivity index (χ4n) is 4.13. The van der Waals surface area contributed by atoms with Gasteiger partial charge in [-0.25, -0.2) is 19.9 Å². The number of benzene rings is 2. The molecule has 4 atom stereocenters. The first-order valence-corrected chi connectivity index (χ1v) is 22.7. The molecule has 258 valence electrons. The van der Waals surface area contributed by atoms with Gasteiger partial charge in [-0.3, -0.25) is 0 Å². The maximum absolute atomic E-state index is 5.06. The topological polar surface area (TPSA) is 51.6 Å². The predicted molar refractivity (Wildman–Crippen MR) is 208 cm³/mol. The molecule has 0 aliphatic rings. The van der Waals surface area contributed by atoms with Crippen LogP contribution in [-0.4, -0.2) is 67.2 Å². The van der Waals surface area contributed by atoms with E-state index in [9.17, 15) is 0 Å². The number of hydrogen-bond acceptors (Lipinski definition) is 4. The van der Waals surface area contributed by atoms with Crippen molar-refractivity contribution < 1.29 is 34.8 Å². The molecule has 2 aromatic heterocycles. The molecule has 0 fully saturated rings. The van der Waals surface area contributed by atoms with Gasteiger partial charge in [-0.15, -0.1) is 0 Å². The summed E-state index contributed by atoms with van der Waals surface area (Å²) >= 11 is 0. The maximum atomic E-state index is 5.06. The molecule has 0 saturated carbocycles. The van der Waals surface area contributed by atoms with E-state index in [0.717, 1.165) is 22.1 Å². The van der Waals surface area contributed by atoms with E-state index in [1.807, 2.05) is 24.3 Å². The van der Waals surface area contributed by atoms with Gasteiger partial charge in [0.1, 0.15) is 0 Å². The van der Waals surface area contributed by atoms with Gasteiger partial charge >= 0.3 is 22.4 Å². The molecule has 0 amide bonds. The molecule has 46 heavy (non-hydrogen) atoms. The van der Waals surface area contributed by atoms with Gasteiger partial charge in [0.15, 0.2) is 0 Å². The van der Waals surface area contributed by atoms with Crippen LogP contribution >= 0.6 is 31.7 Å². The van der Waals surface area contributed by atoms with E-state index in [2.05, 4.69) is 134 Å². The number of para-hydroxylation sites is 4. The molecule has 0 radical (unpaired) electrons. The Morgan fingerprint density at radius 3 is 0.652 bits per heavy atom. The van der Waals surface area contributed by atoms with Gasteiger partial charge in [0.05, 0.1) is 43.8 Å². The Hall–Kier alpha value is -0.130. The second-order valence-corrected chi connectivity index (χ2v) is 27.2. The Kier molecular flexibility index (Phi) is 16.0. The minimum absolute atomic E-state index is 0. The third-order valence-corrected chi connectivity index (χ3v) is 20.6. The van der Waals surface area contributed by atoms with Crippen molar-refractivity contribution in [1.29, 1.82) is 0 Å². The summed E-state index contributed by atoms with van der Waals surface area (Å²) in [4.78, 5) is 20.2. The fourth-order valence-corrected chi connectivity index (χ4v) is 10.9. The Labute approximate surface area is 307 Å². The summed E-state index contributed by atoms with van der Waals surface area (Å²) in [6.07, 6.45) is 0. The summed E-state index contributed by atoms with van der Waals surface area (Å²) in [5.41, 5.74) is 9.12. The van der Waals surface area contributed by atoms with Crippen molar-refractivity contribution in [3.63, 3.8) is 0 Å². The van der Waals surface area contributed by atoms with Gasteiger partial charge in [0, 0.05) is 0 Å².